The summed E-state index contributed by atoms with van der Waals surface area (Å²) in [7, 11) is 1.87. The zero-order chi connectivity index (χ0) is 13.8. The predicted molar refractivity (Wildman–Crippen MR) is 78.3 cm³/mol. The molecule has 0 amide bonds. The van der Waals surface area contributed by atoms with Gasteiger partial charge in [0.2, 0.25) is 0 Å². The summed E-state index contributed by atoms with van der Waals surface area (Å²) < 4.78 is 5.86. The smallest absolute Gasteiger partial charge is 0.135 e. The lowest BCUT2D eigenvalue weighted by Gasteiger charge is -2.12. The minimum atomic E-state index is 0.545. The maximum Gasteiger partial charge on any atom is 0.135 e. The molecule has 5 heteroatoms. The van der Waals surface area contributed by atoms with Crippen LogP contribution in [0.4, 0.5) is 0 Å². The van der Waals surface area contributed by atoms with Gasteiger partial charge in [0.25, 0.3) is 0 Å². The highest BCUT2D eigenvalue weighted by Gasteiger charge is 2.07. The number of nitrogens with one attached hydrogen (secondary N) is 1. The standard InChI is InChI=1S/C14H14Cl2N2O/c1-9-3-14(10(7-17-2)8-18-9)19-13-5-11(15)4-12(16)6-13/h3-6,8,17H,7H2,1-2H3. The third kappa shape index (κ3) is 3.83. The van der Waals surface area contributed by atoms with E-state index in [1.165, 1.54) is 0 Å². The van der Waals surface area contributed by atoms with Crippen LogP contribution in [-0.2, 0) is 6.54 Å². The Bertz CT molecular complexity index is 567. The molecule has 0 radical (unpaired) electrons. The van der Waals surface area contributed by atoms with Crippen molar-refractivity contribution in [2.45, 2.75) is 13.5 Å². The molecule has 1 aromatic heterocycles. The zero-order valence-electron chi connectivity index (χ0n) is 10.7. The Morgan fingerprint density at radius 2 is 1.84 bits per heavy atom. The number of hydrogen-bond acceptors (Lipinski definition) is 3. The Morgan fingerprint density at radius 3 is 2.47 bits per heavy atom. The molecule has 0 aliphatic heterocycles. The van der Waals surface area contributed by atoms with Crippen LogP contribution in [-0.4, -0.2) is 12.0 Å². The van der Waals surface area contributed by atoms with Gasteiger partial charge in [-0.1, -0.05) is 23.2 Å². The molecule has 0 fully saturated rings. The first-order valence-corrected chi connectivity index (χ1v) is 6.58. The Morgan fingerprint density at radius 1 is 1.16 bits per heavy atom. The molecule has 2 aromatic rings. The summed E-state index contributed by atoms with van der Waals surface area (Å²) in [6.45, 7) is 2.60. The fourth-order valence-electron chi connectivity index (χ4n) is 1.70. The molecule has 0 spiro atoms. The largest absolute Gasteiger partial charge is 0.457 e. The van der Waals surface area contributed by atoms with Crippen LogP contribution in [0.1, 0.15) is 11.3 Å². The first-order valence-electron chi connectivity index (χ1n) is 5.82. The number of nitrogens with zero attached hydrogens (tertiary/aromatic N) is 1. The molecule has 0 atom stereocenters. The quantitative estimate of drug-likeness (QED) is 0.918. The lowest BCUT2D eigenvalue weighted by molar-refractivity contribution is 0.472. The zero-order valence-corrected chi connectivity index (χ0v) is 12.2. The summed E-state index contributed by atoms with van der Waals surface area (Å²) >= 11 is 11.9. The topological polar surface area (TPSA) is 34.2 Å². The van der Waals surface area contributed by atoms with E-state index in [-0.39, 0.29) is 0 Å². The maximum atomic E-state index is 5.96. The van der Waals surface area contributed by atoms with E-state index in [0.29, 0.717) is 22.3 Å². The van der Waals surface area contributed by atoms with Crippen molar-refractivity contribution in [3.8, 4) is 11.5 Å². The fraction of sp³-hybridized carbons (Fsp3) is 0.214. The van der Waals surface area contributed by atoms with Gasteiger partial charge in [-0.3, -0.25) is 4.98 Å². The average Bonchev–Trinajstić information content (AvgIpc) is 2.31. The number of aryl methyl sites for hydroxylation is 1. The Balaban J connectivity index is 2.33. The molecule has 0 unspecified atom stereocenters. The van der Waals surface area contributed by atoms with Gasteiger partial charge in [-0.05, 0) is 32.2 Å². The third-order valence-electron chi connectivity index (χ3n) is 2.51. The van der Waals surface area contributed by atoms with Gasteiger partial charge in [0.15, 0.2) is 0 Å². The predicted octanol–water partition coefficient (Wildman–Crippen LogP) is 4.21. The highest BCUT2D eigenvalue weighted by molar-refractivity contribution is 6.34. The summed E-state index contributed by atoms with van der Waals surface area (Å²) in [6.07, 6.45) is 1.80. The maximum absolute atomic E-state index is 5.96. The van der Waals surface area contributed by atoms with E-state index in [4.69, 9.17) is 27.9 Å². The number of rotatable bonds is 4. The molecule has 0 saturated heterocycles. The van der Waals surface area contributed by atoms with Crippen molar-refractivity contribution < 1.29 is 4.74 Å². The van der Waals surface area contributed by atoms with Gasteiger partial charge in [0.1, 0.15) is 11.5 Å². The second kappa shape index (κ2) is 6.24. The van der Waals surface area contributed by atoms with Crippen LogP contribution in [0.2, 0.25) is 10.0 Å². The average molecular weight is 297 g/mol. The van der Waals surface area contributed by atoms with Gasteiger partial charge < -0.3 is 10.1 Å². The van der Waals surface area contributed by atoms with E-state index in [1.54, 1.807) is 24.4 Å². The summed E-state index contributed by atoms with van der Waals surface area (Å²) in [6, 6.07) is 7.02. The second-order valence-corrected chi connectivity index (χ2v) is 5.04. The van der Waals surface area contributed by atoms with Crippen LogP contribution in [0.5, 0.6) is 11.5 Å². The SMILES string of the molecule is CNCc1cnc(C)cc1Oc1cc(Cl)cc(Cl)c1. The summed E-state index contributed by atoms with van der Waals surface area (Å²) in [5, 5.41) is 4.17. The number of hydrogen-bond donors (Lipinski definition) is 1. The lowest BCUT2D eigenvalue weighted by Crippen LogP contribution is -2.07. The number of aromatic nitrogens is 1. The van der Waals surface area contributed by atoms with Crippen molar-refractivity contribution in [1.29, 1.82) is 0 Å². The van der Waals surface area contributed by atoms with Crippen LogP contribution >= 0.6 is 23.2 Å². The first-order chi connectivity index (χ1) is 9.08. The van der Waals surface area contributed by atoms with Gasteiger partial charge in [-0.15, -0.1) is 0 Å². The van der Waals surface area contributed by atoms with Crippen LogP contribution in [0.15, 0.2) is 30.5 Å². The Kier molecular flexibility index (Phi) is 4.64. The van der Waals surface area contributed by atoms with E-state index in [0.717, 1.165) is 17.0 Å². The molecular formula is C14H14Cl2N2O. The molecule has 0 saturated carbocycles. The van der Waals surface area contributed by atoms with E-state index in [2.05, 4.69) is 10.3 Å². The highest BCUT2D eigenvalue weighted by Crippen LogP contribution is 2.30. The van der Waals surface area contributed by atoms with E-state index >= 15 is 0 Å². The molecule has 3 nitrogen and oxygen atoms in total. The number of halogens is 2. The van der Waals surface area contributed by atoms with Crippen LogP contribution in [0.25, 0.3) is 0 Å². The molecule has 100 valence electrons. The van der Waals surface area contributed by atoms with E-state index < -0.39 is 0 Å². The van der Waals surface area contributed by atoms with Gasteiger partial charge in [0.05, 0.1) is 0 Å². The normalized spacial score (nSPS) is 10.5. The minimum Gasteiger partial charge on any atom is -0.457 e. The van der Waals surface area contributed by atoms with Crippen LogP contribution < -0.4 is 10.1 Å². The number of ether oxygens (including phenoxy) is 1. The van der Waals surface area contributed by atoms with Crippen molar-refractivity contribution in [2.24, 2.45) is 0 Å². The molecule has 1 N–H and O–H groups in total. The number of pyridine rings is 1. The Hall–Kier alpha value is -1.29. The van der Waals surface area contributed by atoms with E-state index in [1.807, 2.05) is 20.0 Å². The van der Waals surface area contributed by atoms with Gasteiger partial charge in [-0.2, -0.15) is 0 Å². The van der Waals surface area contributed by atoms with E-state index in [9.17, 15) is 0 Å². The molecule has 1 aromatic carbocycles. The van der Waals surface area contributed by atoms with Crippen molar-refractivity contribution in [3.05, 3.63) is 51.8 Å². The van der Waals surface area contributed by atoms with Crippen molar-refractivity contribution in [2.75, 3.05) is 7.05 Å². The van der Waals surface area contributed by atoms with Crippen LogP contribution in [0.3, 0.4) is 0 Å². The molecule has 2 rings (SSSR count). The molecule has 0 aliphatic carbocycles. The summed E-state index contributed by atoms with van der Waals surface area (Å²) in [5.74, 6) is 1.36. The van der Waals surface area contributed by atoms with Gasteiger partial charge in [0, 0.05) is 40.1 Å². The lowest BCUT2D eigenvalue weighted by atomic mass is 10.2. The summed E-state index contributed by atoms with van der Waals surface area (Å²) in [5.41, 5.74) is 1.87. The molecule has 1 heterocycles. The highest BCUT2D eigenvalue weighted by atomic mass is 35.5. The van der Waals surface area contributed by atoms with Crippen LogP contribution in [0, 0.1) is 6.92 Å². The molecule has 19 heavy (non-hydrogen) atoms. The first kappa shape index (κ1) is 14.1. The molecular weight excluding hydrogens is 283 g/mol. The second-order valence-electron chi connectivity index (χ2n) is 4.17. The number of benzene rings is 1. The van der Waals surface area contributed by atoms with Gasteiger partial charge >= 0.3 is 0 Å². The molecule has 0 bridgehead atoms. The monoisotopic (exact) mass is 296 g/mol. The molecule has 0 aliphatic rings. The van der Waals surface area contributed by atoms with Crippen molar-refractivity contribution in [1.82, 2.24) is 10.3 Å². The van der Waals surface area contributed by atoms with Crippen molar-refractivity contribution >= 4 is 23.2 Å². The minimum absolute atomic E-state index is 0.545. The third-order valence-corrected chi connectivity index (χ3v) is 2.95. The Labute approximate surface area is 122 Å². The fourth-order valence-corrected chi connectivity index (χ4v) is 2.20. The summed E-state index contributed by atoms with van der Waals surface area (Å²) in [4.78, 5) is 4.26. The van der Waals surface area contributed by atoms with Crippen molar-refractivity contribution in [3.63, 3.8) is 0 Å². The van der Waals surface area contributed by atoms with Gasteiger partial charge in [-0.25, -0.2) is 0 Å².